The first-order valence-corrected chi connectivity index (χ1v) is 9.60. The fourth-order valence-electron chi connectivity index (χ4n) is 2.56. The number of carbonyl (C=O) groups excluding carboxylic acids is 3. The lowest BCUT2D eigenvalue weighted by molar-refractivity contribution is -0.133. The highest BCUT2D eigenvalue weighted by Crippen LogP contribution is 2.27. The molecule has 8 heteroatoms. The number of imide groups is 1. The van der Waals surface area contributed by atoms with Crippen LogP contribution in [0.1, 0.15) is 33.6 Å². The number of rotatable bonds is 6. The number of anilines is 1. The Morgan fingerprint density at radius 3 is 2.60 bits per heavy atom. The first kappa shape index (κ1) is 19.9. The Morgan fingerprint density at radius 1 is 1.32 bits per heavy atom. The van der Waals surface area contributed by atoms with Gasteiger partial charge < -0.3 is 10.6 Å². The molecule has 0 spiro atoms. The SMILES string of the molecule is CC(C)CC[C@]1(C)NC(=O)N(CC(=O)Nc2ccc(Br)cc2Br)C1=O. The molecule has 0 unspecified atom stereocenters. The van der Waals surface area contributed by atoms with Gasteiger partial charge in [-0.1, -0.05) is 29.8 Å². The molecule has 25 heavy (non-hydrogen) atoms. The van der Waals surface area contributed by atoms with Gasteiger partial charge in [0.2, 0.25) is 5.91 Å². The van der Waals surface area contributed by atoms with E-state index in [1.165, 1.54) is 0 Å². The van der Waals surface area contributed by atoms with Crippen molar-refractivity contribution in [3.05, 3.63) is 27.1 Å². The van der Waals surface area contributed by atoms with E-state index < -0.39 is 17.5 Å². The Morgan fingerprint density at radius 2 is 2.00 bits per heavy atom. The van der Waals surface area contributed by atoms with E-state index in [-0.39, 0.29) is 12.5 Å². The Kier molecular flexibility index (Phi) is 6.26. The molecule has 1 aromatic rings. The predicted molar refractivity (Wildman–Crippen MR) is 103 cm³/mol. The van der Waals surface area contributed by atoms with Gasteiger partial charge >= 0.3 is 6.03 Å². The number of urea groups is 1. The van der Waals surface area contributed by atoms with Gasteiger partial charge in [-0.15, -0.1) is 0 Å². The maximum Gasteiger partial charge on any atom is 0.325 e. The van der Waals surface area contributed by atoms with Gasteiger partial charge in [-0.2, -0.15) is 0 Å². The molecule has 2 rings (SSSR count). The van der Waals surface area contributed by atoms with Crippen LogP contribution in [-0.2, 0) is 9.59 Å². The maximum atomic E-state index is 12.6. The normalized spacial score (nSPS) is 20.2. The van der Waals surface area contributed by atoms with Crippen molar-refractivity contribution in [2.45, 2.75) is 39.2 Å². The lowest BCUT2D eigenvalue weighted by atomic mass is 9.92. The quantitative estimate of drug-likeness (QED) is 0.613. The average Bonchev–Trinajstić information content (AvgIpc) is 2.72. The molecular weight excluding hydrogens is 454 g/mol. The zero-order chi connectivity index (χ0) is 18.8. The van der Waals surface area contributed by atoms with Gasteiger partial charge in [-0.05, 0) is 59.8 Å². The molecule has 1 fully saturated rings. The van der Waals surface area contributed by atoms with Gasteiger partial charge in [0.25, 0.3) is 5.91 Å². The van der Waals surface area contributed by atoms with Crippen LogP contribution < -0.4 is 10.6 Å². The second-order valence-corrected chi connectivity index (χ2v) is 8.53. The van der Waals surface area contributed by atoms with Crippen LogP contribution >= 0.6 is 31.9 Å². The predicted octanol–water partition coefficient (Wildman–Crippen LogP) is 3.90. The number of nitrogens with one attached hydrogen (secondary N) is 2. The van der Waals surface area contributed by atoms with Crippen LogP contribution in [0.25, 0.3) is 0 Å². The van der Waals surface area contributed by atoms with Crippen molar-refractivity contribution in [2.75, 3.05) is 11.9 Å². The molecule has 2 N–H and O–H groups in total. The smallest absolute Gasteiger partial charge is 0.323 e. The number of nitrogens with zero attached hydrogens (tertiary/aromatic N) is 1. The monoisotopic (exact) mass is 473 g/mol. The van der Waals surface area contributed by atoms with Crippen molar-refractivity contribution >= 4 is 55.4 Å². The summed E-state index contributed by atoms with van der Waals surface area (Å²) in [6, 6.07) is 4.79. The van der Waals surface area contributed by atoms with Crippen molar-refractivity contribution < 1.29 is 14.4 Å². The minimum atomic E-state index is -0.945. The third kappa shape index (κ3) is 4.82. The number of hydrogen-bond donors (Lipinski definition) is 2. The van der Waals surface area contributed by atoms with Crippen molar-refractivity contribution in [1.29, 1.82) is 0 Å². The summed E-state index contributed by atoms with van der Waals surface area (Å²) < 4.78 is 1.57. The van der Waals surface area contributed by atoms with Crippen molar-refractivity contribution in [3.8, 4) is 0 Å². The molecule has 136 valence electrons. The van der Waals surface area contributed by atoms with Gasteiger partial charge in [0.1, 0.15) is 12.1 Å². The topological polar surface area (TPSA) is 78.5 Å². The van der Waals surface area contributed by atoms with Crippen LogP contribution in [-0.4, -0.2) is 34.8 Å². The van der Waals surface area contributed by atoms with Crippen LogP contribution in [0.4, 0.5) is 10.5 Å². The summed E-state index contributed by atoms with van der Waals surface area (Å²) in [7, 11) is 0. The molecule has 0 aliphatic carbocycles. The fraction of sp³-hybridized carbons (Fsp3) is 0.471. The third-order valence-corrected chi connectivity index (χ3v) is 5.22. The summed E-state index contributed by atoms with van der Waals surface area (Å²) in [4.78, 5) is 38.0. The zero-order valence-corrected chi connectivity index (χ0v) is 17.5. The number of amides is 4. The molecule has 0 radical (unpaired) electrons. The second kappa shape index (κ2) is 7.86. The highest BCUT2D eigenvalue weighted by Gasteiger charge is 2.47. The van der Waals surface area contributed by atoms with Crippen LogP contribution in [0, 0.1) is 5.92 Å². The van der Waals surface area contributed by atoms with Crippen LogP contribution in [0.5, 0.6) is 0 Å². The van der Waals surface area contributed by atoms with Crippen molar-refractivity contribution in [3.63, 3.8) is 0 Å². The van der Waals surface area contributed by atoms with E-state index in [4.69, 9.17) is 0 Å². The van der Waals surface area contributed by atoms with Crippen LogP contribution in [0.2, 0.25) is 0 Å². The first-order chi connectivity index (χ1) is 11.6. The molecule has 6 nitrogen and oxygen atoms in total. The number of hydrogen-bond acceptors (Lipinski definition) is 3. The van der Waals surface area contributed by atoms with Crippen LogP contribution in [0.3, 0.4) is 0 Å². The lowest BCUT2D eigenvalue weighted by Gasteiger charge is -2.22. The Balaban J connectivity index is 2.03. The molecule has 1 atom stereocenters. The van der Waals surface area contributed by atoms with Gasteiger partial charge in [0, 0.05) is 8.95 Å². The molecule has 1 saturated heterocycles. The lowest BCUT2D eigenvalue weighted by Crippen LogP contribution is -2.44. The van der Waals surface area contributed by atoms with E-state index in [1.807, 2.05) is 0 Å². The summed E-state index contributed by atoms with van der Waals surface area (Å²) >= 11 is 6.70. The van der Waals surface area contributed by atoms with Gasteiger partial charge in [-0.3, -0.25) is 14.5 Å². The summed E-state index contributed by atoms with van der Waals surface area (Å²) in [5.74, 6) is -0.364. The molecule has 1 heterocycles. The Hall–Kier alpha value is -1.41. The number of halogens is 2. The molecule has 1 aliphatic heterocycles. The van der Waals surface area contributed by atoms with Crippen LogP contribution in [0.15, 0.2) is 27.1 Å². The Labute approximate surface area is 164 Å². The number of carbonyl (C=O) groups is 3. The second-order valence-electron chi connectivity index (χ2n) is 6.76. The van der Waals surface area contributed by atoms with Gasteiger partial charge in [-0.25, -0.2) is 4.79 Å². The van der Waals surface area contributed by atoms with Crippen molar-refractivity contribution in [1.82, 2.24) is 10.2 Å². The first-order valence-electron chi connectivity index (χ1n) is 8.01. The summed E-state index contributed by atoms with van der Waals surface area (Å²) in [6.45, 7) is 5.51. The Bertz CT molecular complexity index is 708. The summed E-state index contributed by atoms with van der Waals surface area (Å²) in [5.41, 5.74) is -0.373. The molecule has 1 aromatic carbocycles. The van der Waals surface area contributed by atoms with E-state index in [0.717, 1.165) is 15.8 Å². The maximum absolute atomic E-state index is 12.6. The van der Waals surface area contributed by atoms with Gasteiger partial charge in [0.15, 0.2) is 0 Å². The highest BCUT2D eigenvalue weighted by atomic mass is 79.9. The van der Waals surface area contributed by atoms with E-state index in [0.29, 0.717) is 22.5 Å². The fourth-order valence-corrected chi connectivity index (χ4v) is 3.71. The molecule has 0 saturated carbocycles. The molecule has 4 amide bonds. The van der Waals surface area contributed by atoms with E-state index >= 15 is 0 Å². The average molecular weight is 475 g/mol. The highest BCUT2D eigenvalue weighted by molar-refractivity contribution is 9.11. The van der Waals surface area contributed by atoms with Gasteiger partial charge in [0.05, 0.1) is 5.69 Å². The minimum Gasteiger partial charge on any atom is -0.323 e. The summed E-state index contributed by atoms with van der Waals surface area (Å²) in [5, 5.41) is 5.42. The van der Waals surface area contributed by atoms with E-state index in [1.54, 1.807) is 25.1 Å². The van der Waals surface area contributed by atoms with Crippen molar-refractivity contribution in [2.24, 2.45) is 5.92 Å². The largest absolute Gasteiger partial charge is 0.325 e. The zero-order valence-electron chi connectivity index (χ0n) is 14.4. The summed E-state index contributed by atoms with van der Waals surface area (Å²) in [6.07, 6.45) is 1.36. The van der Waals surface area contributed by atoms with E-state index in [9.17, 15) is 14.4 Å². The minimum absolute atomic E-state index is 0.315. The molecule has 0 aromatic heterocycles. The number of benzene rings is 1. The third-order valence-electron chi connectivity index (χ3n) is 4.07. The van der Waals surface area contributed by atoms with E-state index in [2.05, 4.69) is 56.3 Å². The standard InChI is InChI=1S/C17H21Br2N3O3/c1-10(2)6-7-17(3)15(24)22(16(25)21-17)9-14(23)20-13-5-4-11(18)8-12(13)19/h4-5,8,10H,6-7,9H2,1-3H3,(H,20,23)(H,21,25)/t17-/m0/s1. The molecule has 0 bridgehead atoms. The molecular formula is C17H21Br2N3O3. The molecule has 1 aliphatic rings.